The molecule has 4 saturated carbocycles. The van der Waals surface area contributed by atoms with Gasteiger partial charge in [0.1, 0.15) is 24.4 Å². The van der Waals surface area contributed by atoms with Crippen LogP contribution in [0.3, 0.4) is 0 Å². The quantitative estimate of drug-likeness (QED) is 0.145. The molecule has 9 heteroatoms. The lowest BCUT2D eigenvalue weighted by Crippen LogP contribution is -2.67. The average Bonchev–Trinajstić information content (AvgIpc) is 3.04. The van der Waals surface area contributed by atoms with Crippen LogP contribution in [-0.2, 0) is 19.1 Å². The van der Waals surface area contributed by atoms with Crippen LogP contribution in [0.5, 0.6) is 0 Å². The molecule has 6 aliphatic rings. The van der Waals surface area contributed by atoms with Gasteiger partial charge in [0.2, 0.25) is 5.91 Å². The van der Waals surface area contributed by atoms with Gasteiger partial charge < -0.3 is 35.2 Å². The van der Waals surface area contributed by atoms with Gasteiger partial charge >= 0.3 is 5.97 Å². The van der Waals surface area contributed by atoms with E-state index in [1.807, 2.05) is 6.92 Å². The van der Waals surface area contributed by atoms with Crippen molar-refractivity contribution in [3.05, 3.63) is 11.6 Å². The van der Waals surface area contributed by atoms with E-state index in [0.717, 1.165) is 70.6 Å². The Bertz CT molecular complexity index is 1350. The Balaban J connectivity index is 1.27. The van der Waals surface area contributed by atoms with E-state index in [1.165, 1.54) is 5.57 Å². The van der Waals surface area contributed by atoms with E-state index in [1.54, 1.807) is 0 Å². The number of allylic oxidation sites excluding steroid dienone is 2. The summed E-state index contributed by atoms with van der Waals surface area (Å²) in [5.74, 6) is 0.0768. The minimum absolute atomic E-state index is 0.0408. The predicted octanol–water partition coefficient (Wildman–Crippen LogP) is 6.37. The van der Waals surface area contributed by atoms with Crippen molar-refractivity contribution >= 4 is 11.9 Å². The van der Waals surface area contributed by atoms with E-state index >= 15 is 0 Å². The fourth-order valence-electron chi connectivity index (χ4n) is 13.0. The number of unbranched alkanes of at least 4 members (excludes halogenated alkanes) is 1. The molecule has 5 fully saturated rings. The number of carboxylic acid groups (broad SMARTS) is 1. The summed E-state index contributed by atoms with van der Waals surface area (Å²) in [5, 5.41) is 45.4. The van der Waals surface area contributed by atoms with Gasteiger partial charge in [-0.25, -0.2) is 0 Å². The van der Waals surface area contributed by atoms with Crippen LogP contribution in [0.2, 0.25) is 0 Å². The third-order valence-electron chi connectivity index (χ3n) is 16.3. The van der Waals surface area contributed by atoms with Crippen molar-refractivity contribution in [2.75, 3.05) is 6.61 Å². The van der Waals surface area contributed by atoms with Crippen LogP contribution in [-0.4, -0.2) is 75.7 Å². The van der Waals surface area contributed by atoms with Crippen LogP contribution in [0.15, 0.2) is 11.6 Å². The Morgan fingerprint density at radius 3 is 2.30 bits per heavy atom. The molecule has 284 valence electrons. The molecule has 0 aromatic rings. The summed E-state index contributed by atoms with van der Waals surface area (Å²) in [6.07, 6.45) is 8.71. The molecule has 0 radical (unpaired) electrons. The summed E-state index contributed by atoms with van der Waals surface area (Å²) in [6.45, 7) is 18.3. The lowest BCUT2D eigenvalue weighted by molar-refractivity contribution is -0.306. The lowest BCUT2D eigenvalue weighted by atomic mass is 9.33. The first-order chi connectivity index (χ1) is 23.3. The number of ether oxygens (including phenoxy) is 2. The fourth-order valence-corrected chi connectivity index (χ4v) is 13.0. The summed E-state index contributed by atoms with van der Waals surface area (Å²) < 4.78 is 12.9. The largest absolute Gasteiger partial charge is 0.481 e. The summed E-state index contributed by atoms with van der Waals surface area (Å²) in [7, 11) is 0. The Morgan fingerprint density at radius 2 is 1.64 bits per heavy atom. The number of hydrogen-bond donors (Lipinski definition) is 5. The standard InChI is InChI=1S/C41H67NO8/c1-9-10-11-30(44)42-31-33(46)32(45)26(23-43)49-34(31)50-29-15-16-38(6)27(37(29,4)5)14-17-40(8)28(38)13-12-24-25-22-36(2,3)18-20-41(25,35(47)48)21-19-39(24,40)7/h12,25-29,31-34,43,45-46H,9-11,13-23H2,1-8H3,(H,42,44)(H,47,48)/t25-,26+,27-,28+,29-,31+,32+,33+,34-,38-,39+,40+,41-/m0/s1. The van der Waals surface area contributed by atoms with Crippen LogP contribution < -0.4 is 5.32 Å². The maximum absolute atomic E-state index is 13.0. The van der Waals surface area contributed by atoms with Crippen LogP contribution >= 0.6 is 0 Å². The molecular weight excluding hydrogens is 634 g/mol. The maximum Gasteiger partial charge on any atom is 0.310 e. The fraction of sp³-hybridized carbons (Fsp3) is 0.902. The van der Waals surface area contributed by atoms with E-state index in [4.69, 9.17) is 9.47 Å². The third-order valence-corrected chi connectivity index (χ3v) is 16.3. The zero-order valence-corrected chi connectivity index (χ0v) is 32.1. The zero-order chi connectivity index (χ0) is 36.7. The van der Waals surface area contributed by atoms with E-state index in [2.05, 4.69) is 59.9 Å². The molecule has 9 nitrogen and oxygen atoms in total. The molecular formula is C41H67NO8. The zero-order valence-electron chi connectivity index (χ0n) is 32.1. The number of carbonyl (C=O) groups excluding carboxylic acids is 1. The molecule has 0 unspecified atom stereocenters. The minimum atomic E-state index is -1.35. The second kappa shape index (κ2) is 13.1. The molecule has 6 rings (SSSR count). The van der Waals surface area contributed by atoms with Gasteiger partial charge in [-0.15, -0.1) is 0 Å². The lowest BCUT2D eigenvalue weighted by Gasteiger charge is -2.71. The van der Waals surface area contributed by atoms with Crippen molar-refractivity contribution in [2.24, 2.45) is 50.2 Å². The van der Waals surface area contributed by atoms with Gasteiger partial charge in [-0.05, 0) is 115 Å². The van der Waals surface area contributed by atoms with Gasteiger partial charge in [0.25, 0.3) is 0 Å². The number of aliphatic hydroxyl groups excluding tert-OH is 3. The molecule has 1 saturated heterocycles. The van der Waals surface area contributed by atoms with Crippen LogP contribution in [0, 0.1) is 50.2 Å². The van der Waals surface area contributed by atoms with Gasteiger partial charge in [-0.1, -0.05) is 73.5 Å². The minimum Gasteiger partial charge on any atom is -0.481 e. The smallest absolute Gasteiger partial charge is 0.310 e. The second-order valence-electron chi connectivity index (χ2n) is 19.6. The van der Waals surface area contributed by atoms with Crippen molar-refractivity contribution in [3.63, 3.8) is 0 Å². The predicted molar refractivity (Wildman–Crippen MR) is 191 cm³/mol. The molecule has 0 aromatic heterocycles. The third kappa shape index (κ3) is 5.73. The highest BCUT2D eigenvalue weighted by atomic mass is 16.7. The highest BCUT2D eigenvalue weighted by Gasteiger charge is 2.69. The maximum atomic E-state index is 13.0. The summed E-state index contributed by atoms with van der Waals surface area (Å²) in [6, 6.07) is -0.952. The number of nitrogens with one attached hydrogen (secondary N) is 1. The molecule has 5 N–H and O–H groups in total. The number of carboxylic acids is 1. The van der Waals surface area contributed by atoms with Gasteiger partial charge in [0, 0.05) is 6.42 Å². The van der Waals surface area contributed by atoms with E-state index in [-0.39, 0.29) is 45.0 Å². The number of aliphatic carboxylic acids is 1. The molecule has 13 atom stereocenters. The number of fused-ring (bicyclic) bond motifs is 7. The second-order valence-corrected chi connectivity index (χ2v) is 19.6. The topological polar surface area (TPSA) is 146 Å². The van der Waals surface area contributed by atoms with Crippen molar-refractivity contribution in [1.82, 2.24) is 5.32 Å². The molecule has 5 aliphatic carbocycles. The first-order valence-corrected chi connectivity index (χ1v) is 19.8. The van der Waals surface area contributed by atoms with Gasteiger partial charge in [-0.3, -0.25) is 9.59 Å². The molecule has 0 spiro atoms. The summed E-state index contributed by atoms with van der Waals surface area (Å²) in [4.78, 5) is 25.8. The monoisotopic (exact) mass is 701 g/mol. The van der Waals surface area contributed by atoms with Crippen molar-refractivity contribution < 1.29 is 39.5 Å². The number of amides is 1. The van der Waals surface area contributed by atoms with E-state index in [0.29, 0.717) is 24.7 Å². The SMILES string of the molecule is CCCCC(=O)N[C@H]1[C@H](O[C@H]2CC[C@]3(C)[C@H]4CC=C5[C@@H]6CC(C)(C)CC[C@]6(C(=O)O)CC[C@@]5(C)[C@]4(C)CC[C@H]3C2(C)C)O[C@H](CO)[C@@H](O)[C@@H]1O. The summed E-state index contributed by atoms with van der Waals surface area (Å²) >= 11 is 0. The number of hydrogen-bond acceptors (Lipinski definition) is 7. The van der Waals surface area contributed by atoms with Gasteiger partial charge in [0.05, 0.1) is 18.1 Å². The molecule has 1 amide bonds. The Labute approximate surface area is 300 Å². The van der Waals surface area contributed by atoms with Crippen molar-refractivity contribution in [3.8, 4) is 0 Å². The molecule has 1 heterocycles. The summed E-state index contributed by atoms with van der Waals surface area (Å²) in [5.41, 5.74) is 0.720. The molecule has 0 aromatic carbocycles. The molecule has 1 aliphatic heterocycles. The average molecular weight is 702 g/mol. The Kier molecular flexibility index (Phi) is 10.0. The molecule has 0 bridgehead atoms. The van der Waals surface area contributed by atoms with Crippen LogP contribution in [0.25, 0.3) is 0 Å². The Hall–Kier alpha value is -1.52. The molecule has 50 heavy (non-hydrogen) atoms. The first-order valence-electron chi connectivity index (χ1n) is 19.8. The number of rotatable bonds is 8. The van der Waals surface area contributed by atoms with E-state index < -0.39 is 48.6 Å². The highest BCUT2D eigenvalue weighted by Crippen LogP contribution is 2.76. The van der Waals surface area contributed by atoms with Gasteiger partial charge in [-0.2, -0.15) is 0 Å². The van der Waals surface area contributed by atoms with Crippen molar-refractivity contribution in [2.45, 2.75) is 176 Å². The number of aliphatic hydroxyl groups is 3. The normalized spacial score (nSPS) is 47.8. The number of carbonyl (C=O) groups is 2. The first kappa shape index (κ1) is 38.2. The van der Waals surface area contributed by atoms with E-state index in [9.17, 15) is 30.0 Å². The van der Waals surface area contributed by atoms with Crippen molar-refractivity contribution in [1.29, 1.82) is 0 Å². The Morgan fingerprint density at radius 1 is 0.940 bits per heavy atom. The van der Waals surface area contributed by atoms with Crippen LogP contribution in [0.4, 0.5) is 0 Å². The van der Waals surface area contributed by atoms with Gasteiger partial charge in [0.15, 0.2) is 6.29 Å². The van der Waals surface area contributed by atoms with Crippen LogP contribution in [0.1, 0.15) is 139 Å². The highest BCUT2D eigenvalue weighted by molar-refractivity contribution is 5.77.